The van der Waals surface area contributed by atoms with Gasteiger partial charge in [0.1, 0.15) is 0 Å². The highest BCUT2D eigenvalue weighted by atomic mass is 14.6. The lowest BCUT2D eigenvalue weighted by atomic mass is 9.65. The van der Waals surface area contributed by atoms with Crippen LogP contribution in [-0.4, -0.2) is 0 Å². The molecule has 5 aliphatic rings. The van der Waals surface area contributed by atoms with Crippen molar-refractivity contribution in [3.05, 3.63) is 237 Å². The highest BCUT2D eigenvalue weighted by Crippen LogP contribution is 2.65. The summed E-state index contributed by atoms with van der Waals surface area (Å²) < 4.78 is 0. The number of allylic oxidation sites excluding steroid dienone is 6. The topological polar surface area (TPSA) is 0 Å². The van der Waals surface area contributed by atoms with Crippen LogP contribution < -0.4 is 0 Å². The van der Waals surface area contributed by atoms with Crippen LogP contribution in [-0.2, 0) is 18.3 Å². The molecule has 5 aliphatic carbocycles. The zero-order valence-electron chi connectivity index (χ0n) is 38.6. The van der Waals surface area contributed by atoms with Gasteiger partial charge in [-0.15, -0.1) is 0 Å². The molecule has 0 fully saturated rings. The Morgan fingerprint density at radius 2 is 1.06 bits per heavy atom. The summed E-state index contributed by atoms with van der Waals surface area (Å²) in [6.45, 7) is 14.8. The highest BCUT2D eigenvalue weighted by Gasteiger charge is 2.57. The van der Waals surface area contributed by atoms with Gasteiger partial charge in [-0.05, 0) is 130 Å². The Labute approximate surface area is 378 Å². The first kappa shape index (κ1) is 43.4. The number of hydrogen-bond acceptors (Lipinski definition) is 0. The molecule has 1 spiro atoms. The van der Waals surface area contributed by atoms with Gasteiger partial charge in [0, 0.05) is 11.8 Å². The van der Waals surface area contributed by atoms with Gasteiger partial charge in [-0.25, -0.2) is 0 Å². The Kier molecular flexibility index (Phi) is 13.4. The summed E-state index contributed by atoms with van der Waals surface area (Å²) in [5.41, 5.74) is 21.5. The standard InChI is InChI=1S/C26H20.C19H18.C13H12.C3H8.C2H6/c1-17-9-8-13-21-20-12-4-7-16-24(20)26(25(17)21)22-14-5-2-10-18(22)19-11-3-6-15-23(19)26;1-13-10-11-18-16-8-3-2-6-14(16)15-7-4-5-9-17(15)19(18)12-13;1-11-7-9-13(10-8-11)12-5-3-2-4-6-12;1-3-2;1-2/h2-16,20,24H,1H3;3,5,8-12H,2,4,6-7H2,1H3;2-10H,1H3;3H2,1-2H3;1-2H3. The van der Waals surface area contributed by atoms with Gasteiger partial charge in [-0.2, -0.15) is 0 Å². The van der Waals surface area contributed by atoms with Crippen LogP contribution in [0.1, 0.15) is 114 Å². The molecule has 0 aromatic heterocycles. The Morgan fingerprint density at radius 1 is 0.524 bits per heavy atom. The maximum absolute atomic E-state index is 2.45. The van der Waals surface area contributed by atoms with E-state index in [0.717, 1.165) is 0 Å². The quantitative estimate of drug-likeness (QED) is 0.155. The summed E-state index contributed by atoms with van der Waals surface area (Å²) >= 11 is 0. The van der Waals surface area contributed by atoms with Crippen molar-refractivity contribution in [1.82, 2.24) is 0 Å². The molecule has 12 rings (SSSR count). The minimum absolute atomic E-state index is 0.0697. The lowest BCUT2D eigenvalue weighted by Gasteiger charge is -2.36. The van der Waals surface area contributed by atoms with Gasteiger partial charge < -0.3 is 0 Å². The van der Waals surface area contributed by atoms with E-state index in [0.29, 0.717) is 11.8 Å². The molecule has 0 saturated heterocycles. The molecule has 7 aromatic rings. The van der Waals surface area contributed by atoms with Crippen molar-refractivity contribution in [2.24, 2.45) is 5.92 Å². The van der Waals surface area contributed by atoms with Gasteiger partial charge in [0.05, 0.1) is 5.41 Å². The molecule has 0 radical (unpaired) electrons. The molecule has 0 N–H and O–H groups in total. The van der Waals surface area contributed by atoms with Crippen LogP contribution in [0, 0.1) is 26.7 Å². The van der Waals surface area contributed by atoms with Gasteiger partial charge in [-0.1, -0.05) is 233 Å². The first-order valence-corrected chi connectivity index (χ1v) is 23.6. The van der Waals surface area contributed by atoms with Gasteiger partial charge >= 0.3 is 0 Å². The number of benzene rings is 7. The smallest absolute Gasteiger partial charge is 0.0540 e. The number of rotatable bonds is 1. The molecule has 0 aliphatic heterocycles. The fourth-order valence-corrected chi connectivity index (χ4v) is 10.8. The van der Waals surface area contributed by atoms with E-state index in [4.69, 9.17) is 0 Å². The normalized spacial score (nSPS) is 16.8. The van der Waals surface area contributed by atoms with Crippen molar-refractivity contribution in [2.45, 2.75) is 91.9 Å². The van der Waals surface area contributed by atoms with Crippen LogP contribution in [0.5, 0.6) is 0 Å². The van der Waals surface area contributed by atoms with E-state index in [1.807, 2.05) is 19.9 Å². The van der Waals surface area contributed by atoms with Gasteiger partial charge in [0.2, 0.25) is 0 Å². The van der Waals surface area contributed by atoms with Crippen molar-refractivity contribution >= 4 is 22.9 Å². The van der Waals surface area contributed by atoms with E-state index in [1.165, 1.54) is 115 Å². The van der Waals surface area contributed by atoms with Crippen LogP contribution in [0.25, 0.3) is 45.2 Å². The van der Waals surface area contributed by atoms with Crippen molar-refractivity contribution in [3.63, 3.8) is 0 Å². The Morgan fingerprint density at radius 3 is 1.70 bits per heavy atom. The molecule has 2 unspecified atom stereocenters. The summed E-state index contributed by atoms with van der Waals surface area (Å²) in [6, 6.07) is 50.9. The van der Waals surface area contributed by atoms with Crippen molar-refractivity contribution in [1.29, 1.82) is 0 Å². The van der Waals surface area contributed by atoms with E-state index in [2.05, 4.69) is 217 Å². The molecular weight excluding hydrogens is 757 g/mol. The maximum atomic E-state index is 2.45. The van der Waals surface area contributed by atoms with E-state index in [1.54, 1.807) is 11.1 Å². The molecule has 316 valence electrons. The number of aryl methyl sites for hydroxylation is 3. The van der Waals surface area contributed by atoms with Crippen molar-refractivity contribution < 1.29 is 0 Å². The fraction of sp³-hybridized carbons (Fsp3) is 0.238. The molecule has 0 amide bonds. The molecule has 0 heterocycles. The average Bonchev–Trinajstić information content (AvgIpc) is 3.82. The van der Waals surface area contributed by atoms with Gasteiger partial charge in [0.25, 0.3) is 0 Å². The van der Waals surface area contributed by atoms with Crippen LogP contribution in [0.3, 0.4) is 0 Å². The Hall–Kier alpha value is -6.24. The van der Waals surface area contributed by atoms with Crippen molar-refractivity contribution in [3.8, 4) is 22.3 Å². The summed E-state index contributed by atoms with van der Waals surface area (Å²) in [4.78, 5) is 0. The summed E-state index contributed by atoms with van der Waals surface area (Å²) in [6.07, 6.45) is 24.7. The third-order valence-corrected chi connectivity index (χ3v) is 13.3. The summed E-state index contributed by atoms with van der Waals surface area (Å²) in [7, 11) is 0. The fourth-order valence-electron chi connectivity index (χ4n) is 10.8. The minimum atomic E-state index is -0.0697. The van der Waals surface area contributed by atoms with Crippen LogP contribution >= 0.6 is 0 Å². The predicted octanol–water partition coefficient (Wildman–Crippen LogP) is 17.3. The third kappa shape index (κ3) is 8.02. The SMILES string of the molecule is CC.CCC.Cc1ccc(-c2ccccc2)cc1.Cc1ccc2c3c(c4c(c2c1)C=CCC4)CCC=C3.Cc1cccc2c1C1(c3ccccc3-c3ccccc31)C1C=CC=CC21. The third-order valence-electron chi connectivity index (χ3n) is 13.3. The second-order valence-corrected chi connectivity index (χ2v) is 17.4. The highest BCUT2D eigenvalue weighted by molar-refractivity contribution is 6.00. The second kappa shape index (κ2) is 19.4. The summed E-state index contributed by atoms with van der Waals surface area (Å²) in [5, 5.41) is 2.87. The van der Waals surface area contributed by atoms with E-state index in [9.17, 15) is 0 Å². The average molecular weight is 821 g/mol. The second-order valence-electron chi connectivity index (χ2n) is 17.4. The van der Waals surface area contributed by atoms with Crippen LogP contribution in [0.2, 0.25) is 0 Å². The predicted molar refractivity (Wildman–Crippen MR) is 275 cm³/mol. The molecule has 0 bridgehead atoms. The molecular formula is C63H64. The van der Waals surface area contributed by atoms with Gasteiger partial charge in [0.15, 0.2) is 0 Å². The molecule has 0 nitrogen and oxygen atoms in total. The lowest BCUT2D eigenvalue weighted by Crippen LogP contribution is -2.33. The molecule has 2 atom stereocenters. The number of hydrogen-bond donors (Lipinski definition) is 0. The maximum Gasteiger partial charge on any atom is 0.0540 e. The minimum Gasteiger partial charge on any atom is -0.0836 e. The number of fused-ring (bicyclic) bond motifs is 16. The molecule has 0 saturated carbocycles. The monoisotopic (exact) mass is 821 g/mol. The van der Waals surface area contributed by atoms with E-state index < -0.39 is 0 Å². The molecule has 7 aromatic carbocycles. The largest absolute Gasteiger partial charge is 0.0836 e. The zero-order valence-corrected chi connectivity index (χ0v) is 38.6. The molecule has 63 heavy (non-hydrogen) atoms. The lowest BCUT2D eigenvalue weighted by molar-refractivity contribution is 0.464. The van der Waals surface area contributed by atoms with E-state index in [-0.39, 0.29) is 5.41 Å². The zero-order chi connectivity index (χ0) is 43.9. The Bertz CT molecular complexity index is 2780. The molecule has 0 heteroatoms. The first-order valence-electron chi connectivity index (χ1n) is 23.6. The summed E-state index contributed by atoms with van der Waals surface area (Å²) in [5.74, 6) is 0.891. The Balaban J connectivity index is 0.000000130. The van der Waals surface area contributed by atoms with Gasteiger partial charge in [-0.3, -0.25) is 0 Å². The van der Waals surface area contributed by atoms with Crippen molar-refractivity contribution in [2.75, 3.05) is 0 Å². The van der Waals surface area contributed by atoms with Crippen LogP contribution in [0.4, 0.5) is 0 Å². The van der Waals surface area contributed by atoms with E-state index >= 15 is 0 Å². The first-order chi connectivity index (χ1) is 30.9. The van der Waals surface area contributed by atoms with Crippen LogP contribution in [0.15, 0.2) is 176 Å².